The summed E-state index contributed by atoms with van der Waals surface area (Å²) in [4.78, 5) is 3.89. The van der Waals surface area contributed by atoms with Gasteiger partial charge in [0.05, 0.1) is 63.6 Å². The molecule has 15 aromatic carbocycles. The van der Waals surface area contributed by atoms with Crippen LogP contribution in [-0.4, -0.2) is 15.8 Å². The Kier molecular flexibility index (Phi) is 12.3. The van der Waals surface area contributed by atoms with Crippen molar-refractivity contribution in [3.05, 3.63) is 355 Å². The van der Waals surface area contributed by atoms with E-state index < -0.39 is 200 Å². The first-order chi connectivity index (χ1) is 64.4. The third kappa shape index (κ3) is 12.5. The number of nitrogens with zero attached hydrogens (tertiary/aromatic N) is 4. The number of aromatic nitrogens is 2. The summed E-state index contributed by atoms with van der Waals surface area (Å²) in [6.45, 7) is 30.0. The zero-order valence-corrected chi connectivity index (χ0v) is 67.3. The van der Waals surface area contributed by atoms with E-state index in [1.807, 2.05) is 164 Å². The molecule has 562 valence electrons. The Hall–Kier alpha value is -12.4. The Balaban J connectivity index is 1.12. The first-order valence-electron chi connectivity index (χ1n) is 50.4. The van der Waals surface area contributed by atoms with Crippen molar-refractivity contribution in [2.45, 2.75) is 131 Å². The molecular weight excluding hydrogens is 1390 g/mol. The molecule has 4 heterocycles. The summed E-state index contributed by atoms with van der Waals surface area (Å²) >= 11 is 0. The molecule has 19 rings (SSSR count). The zero-order chi connectivity index (χ0) is 98.5. The van der Waals surface area contributed by atoms with E-state index in [0.29, 0.717) is 78.3 Å². The van der Waals surface area contributed by atoms with Crippen LogP contribution in [0.3, 0.4) is 0 Å². The topological polar surface area (TPSA) is 16.3 Å². The van der Waals surface area contributed by atoms with Crippen molar-refractivity contribution < 1.29 is 30.2 Å². The molecule has 0 N–H and O–H groups in total. The van der Waals surface area contributed by atoms with Gasteiger partial charge in [-0.2, -0.15) is 0 Å². The van der Waals surface area contributed by atoms with E-state index in [1.165, 1.54) is 0 Å². The maximum Gasteiger partial charge on any atom is 0.252 e. The van der Waals surface area contributed by atoms with E-state index in [4.69, 9.17) is 0 Å². The van der Waals surface area contributed by atoms with Crippen LogP contribution in [0.2, 0.25) is 0 Å². The Labute approximate surface area is 710 Å². The minimum absolute atomic E-state index is 0.165. The molecule has 2 aliphatic rings. The lowest BCUT2D eigenvalue weighted by Crippen LogP contribution is -2.61. The Morgan fingerprint density at radius 1 is 0.252 bits per heavy atom. The highest BCUT2D eigenvalue weighted by Gasteiger charge is 2.47. The average molecular weight is 1510 g/mol. The molecule has 0 amide bonds. The maximum atomic E-state index is 12.1. The number of hydrogen-bond donors (Lipinski definition) is 0. The average Bonchev–Trinajstić information content (AvgIpc) is 1.14. The van der Waals surface area contributed by atoms with Crippen molar-refractivity contribution in [2.75, 3.05) is 9.80 Å². The van der Waals surface area contributed by atoms with Crippen LogP contribution in [0.1, 0.15) is 162 Å². The third-order valence-electron chi connectivity index (χ3n) is 23.0. The Morgan fingerprint density at radius 2 is 0.539 bits per heavy atom. The molecule has 0 radical (unpaired) electrons. The van der Waals surface area contributed by atoms with E-state index in [9.17, 15) is 30.2 Å². The SMILES string of the molecule is [2H]c1c([2H])c(-n2c3c([2H])c([2H])c([2H])c([2H])c3c3c([2H])c([2H])c([2H])c([2H])c32)c([2H])c2c1B1c3c(cc(C(C)(C)C)cc3N(c3c(-c4cccc(-c5ccccc5)c4)cc(C(C)(C)C)cc3-c3cccc(C(C)(C)C)c3)c3c([2H])c(-n4c5c([2H])c([2H])c([2H])c([2H])c5c5c([2H])c([2H])c([2H])c([2H])c54)c([2H])c([2H])c31)N2c1c(-c2cccc(-c3ccccc3)c2)cc(C(C)(C)C)cc1-c1cccc(C(C)(C)C)c1. The van der Waals surface area contributed by atoms with E-state index in [-0.39, 0.29) is 43.8 Å². The molecular formula is C110H99BN4. The predicted octanol–water partition coefficient (Wildman–Crippen LogP) is 28.5. The summed E-state index contributed by atoms with van der Waals surface area (Å²) in [5.74, 6) is 0. The number of fused-ring (bicyclic) bond motifs is 10. The van der Waals surface area contributed by atoms with Gasteiger partial charge < -0.3 is 18.9 Å². The second-order valence-corrected chi connectivity index (χ2v) is 35.7. The quantitative estimate of drug-likeness (QED) is 0.127. The molecule has 4 nitrogen and oxygen atoms in total. The molecule has 0 bridgehead atoms. The maximum absolute atomic E-state index is 12.1. The van der Waals surface area contributed by atoms with Crippen LogP contribution >= 0.6 is 0 Å². The monoisotopic (exact) mass is 1510 g/mol. The Morgan fingerprint density at radius 3 is 0.870 bits per heavy atom. The fraction of sp³-hybridized carbons (Fsp3) is 0.182. The minimum atomic E-state index is -1.70. The van der Waals surface area contributed by atoms with Crippen molar-refractivity contribution in [3.8, 4) is 78.1 Å². The summed E-state index contributed by atoms with van der Waals surface area (Å²) in [6.07, 6.45) is 0. The highest BCUT2D eigenvalue weighted by Crippen LogP contribution is 2.57. The number of hydrogen-bond acceptors (Lipinski definition) is 2. The van der Waals surface area contributed by atoms with Gasteiger partial charge in [-0.1, -0.05) is 334 Å². The Bertz CT molecular complexity index is 7530. The summed E-state index contributed by atoms with van der Waals surface area (Å²) in [5.41, 5.74) is 7.71. The van der Waals surface area contributed by atoms with Crippen molar-refractivity contribution in [1.82, 2.24) is 9.13 Å². The molecule has 0 spiro atoms. The normalized spacial score (nSPS) is 15.8. The smallest absolute Gasteiger partial charge is 0.252 e. The summed E-state index contributed by atoms with van der Waals surface area (Å²) < 4.78 is 227. The van der Waals surface area contributed by atoms with Crippen LogP contribution in [0.15, 0.2) is 327 Å². The molecule has 0 aliphatic carbocycles. The molecule has 2 aromatic heterocycles. The number of anilines is 6. The molecule has 5 heteroatoms. The van der Waals surface area contributed by atoms with Crippen LogP contribution in [-0.2, 0) is 27.1 Å². The molecule has 0 fully saturated rings. The lowest BCUT2D eigenvalue weighted by molar-refractivity contribution is 0.589. The molecule has 2 aliphatic heterocycles. The number of benzene rings is 15. The van der Waals surface area contributed by atoms with Gasteiger partial charge in [-0.05, 0) is 213 Å². The molecule has 115 heavy (non-hydrogen) atoms. The van der Waals surface area contributed by atoms with Gasteiger partial charge in [0.1, 0.15) is 0 Å². The van der Waals surface area contributed by atoms with Crippen LogP contribution in [0.4, 0.5) is 34.1 Å². The van der Waals surface area contributed by atoms with Crippen LogP contribution in [0.5, 0.6) is 0 Å². The van der Waals surface area contributed by atoms with Crippen molar-refractivity contribution in [3.63, 3.8) is 0 Å². The highest BCUT2D eigenvalue weighted by molar-refractivity contribution is 7.00. The molecule has 0 unspecified atom stereocenters. The van der Waals surface area contributed by atoms with Crippen LogP contribution in [0.25, 0.3) is 122 Å². The van der Waals surface area contributed by atoms with Crippen molar-refractivity contribution in [2.24, 2.45) is 0 Å². The lowest BCUT2D eigenvalue weighted by atomic mass is 9.33. The van der Waals surface area contributed by atoms with Crippen molar-refractivity contribution >= 4 is 101 Å². The second kappa shape index (κ2) is 27.1. The van der Waals surface area contributed by atoms with Gasteiger partial charge in [-0.25, -0.2) is 0 Å². The fourth-order valence-corrected chi connectivity index (χ4v) is 16.7. The van der Waals surface area contributed by atoms with E-state index in [0.717, 1.165) is 53.6 Å². The van der Waals surface area contributed by atoms with Gasteiger partial charge in [0.2, 0.25) is 0 Å². The standard InChI is InChI=1S/C110H99BN4/c1-106(2,3)78-44-32-42-76(60-78)91-64-80(108(7,8)9)62-89(74-40-30-38-72(58-74)70-34-18-16-19-35-70)104(91)114-99-68-83(112-95-50-26-22-46-85(95)86-47-23-27-51-96(86)112)54-56-93(99)111-94-57-55-84(113-97-52-28-24-48-87(97)88-49-25-29-53-98(88)113)69-100(94)115(102-67-82(110(13,14)15)66-101(114)103(102)111)105-90(75-41-31-39-73(59-75)71-36-20-17-21-37-71)63-81(109(10,11)12)65-92(105)77-43-33-45-79(61-77)107(4,5)6/h16-69H,1-15H3/i22D,23D,24D,25D,26D,27D,28D,29D,46D,47D,48D,49D,50D,51D,52D,53D,54D,55D,56D,57D,68D,69D. The largest absolute Gasteiger partial charge is 0.310 e. The van der Waals surface area contributed by atoms with Gasteiger partial charge in [0, 0.05) is 77.9 Å². The summed E-state index contributed by atoms with van der Waals surface area (Å²) in [5, 5.41) is -1.43. The first kappa shape index (κ1) is 52.1. The molecule has 0 saturated carbocycles. The molecule has 0 atom stereocenters. The third-order valence-corrected chi connectivity index (χ3v) is 23.0. The highest BCUT2D eigenvalue weighted by atomic mass is 15.2. The number of para-hydroxylation sites is 4. The fourth-order valence-electron chi connectivity index (χ4n) is 16.7. The van der Waals surface area contributed by atoms with Gasteiger partial charge >= 0.3 is 0 Å². The van der Waals surface area contributed by atoms with Gasteiger partial charge in [0.25, 0.3) is 6.71 Å². The van der Waals surface area contributed by atoms with E-state index in [1.54, 1.807) is 0 Å². The first-order valence-corrected chi connectivity index (χ1v) is 39.4. The molecule has 17 aromatic rings. The molecule has 0 saturated heterocycles. The predicted molar refractivity (Wildman–Crippen MR) is 495 cm³/mol. The van der Waals surface area contributed by atoms with E-state index >= 15 is 0 Å². The summed E-state index contributed by atoms with van der Waals surface area (Å²) in [6, 6.07) is 49.2. The second-order valence-electron chi connectivity index (χ2n) is 35.7. The van der Waals surface area contributed by atoms with E-state index in [2.05, 4.69) is 144 Å². The zero-order valence-electron chi connectivity index (χ0n) is 89.3. The van der Waals surface area contributed by atoms with Gasteiger partial charge in [-0.15, -0.1) is 0 Å². The van der Waals surface area contributed by atoms with Crippen molar-refractivity contribution in [1.29, 1.82) is 0 Å². The van der Waals surface area contributed by atoms with Crippen LogP contribution < -0.4 is 26.2 Å². The minimum Gasteiger partial charge on any atom is -0.310 e. The van der Waals surface area contributed by atoms with Crippen LogP contribution in [0, 0.1) is 0 Å². The van der Waals surface area contributed by atoms with Gasteiger partial charge in [0.15, 0.2) is 0 Å². The lowest BCUT2D eigenvalue weighted by Gasteiger charge is -2.47. The number of rotatable bonds is 10. The summed E-state index contributed by atoms with van der Waals surface area (Å²) in [7, 11) is 0. The van der Waals surface area contributed by atoms with Gasteiger partial charge in [-0.3, -0.25) is 0 Å².